The van der Waals surface area contributed by atoms with E-state index in [1.54, 1.807) is 12.1 Å². The summed E-state index contributed by atoms with van der Waals surface area (Å²) in [5.41, 5.74) is 0.566. The molecule has 2 fully saturated rings. The Morgan fingerprint density at radius 1 is 0.879 bits per heavy atom. The largest absolute Gasteiger partial charge is 0.389 e. The minimum atomic E-state index is -0.984. The molecule has 0 radical (unpaired) electrons. The zero-order valence-electron chi connectivity index (χ0n) is 20.3. The monoisotopic (exact) mass is 456 g/mol. The third-order valence-electron chi connectivity index (χ3n) is 9.14. The Morgan fingerprint density at radius 2 is 1.52 bits per heavy atom. The van der Waals surface area contributed by atoms with Crippen molar-refractivity contribution in [3.8, 4) is 0 Å². The molecule has 1 nitrogen and oxygen atoms in total. The third kappa shape index (κ3) is 5.78. The highest BCUT2D eigenvalue weighted by Crippen LogP contribution is 2.47. The van der Waals surface area contributed by atoms with E-state index in [0.717, 1.165) is 61.7 Å². The Labute approximate surface area is 199 Å². The van der Waals surface area contributed by atoms with E-state index in [2.05, 4.69) is 18.7 Å². The molecule has 33 heavy (non-hydrogen) atoms. The Balaban J connectivity index is 1.25. The van der Waals surface area contributed by atoms with E-state index in [1.807, 2.05) is 6.08 Å². The molecule has 3 unspecified atom stereocenters. The van der Waals surface area contributed by atoms with Crippen LogP contribution < -0.4 is 0 Å². The molecule has 3 aliphatic carbocycles. The lowest BCUT2D eigenvalue weighted by Gasteiger charge is -2.40. The van der Waals surface area contributed by atoms with Crippen LogP contribution in [0, 0.1) is 41.2 Å². The second-order valence-electron chi connectivity index (χ2n) is 11.1. The summed E-state index contributed by atoms with van der Waals surface area (Å²) < 4.78 is 29.0. The van der Waals surface area contributed by atoms with Crippen LogP contribution in [-0.4, -0.2) is 5.11 Å². The van der Waals surface area contributed by atoms with Crippen LogP contribution in [-0.2, 0) is 0 Å². The standard InChI is InChI=1S/C30H42F2O/c1-3-4-5-21-6-8-22(9-7-21)23-10-12-24(13-11-23)25-14-16-26(17-15-25)28-19-18-27(20(2)33)29(31)30(28)32/h3,6,8,18-26,33H,1,4-5,7,9-17H2,2H3. The van der Waals surface area contributed by atoms with Crippen LogP contribution in [0.15, 0.2) is 36.9 Å². The molecule has 0 heterocycles. The lowest BCUT2D eigenvalue weighted by atomic mass is 9.65. The predicted molar refractivity (Wildman–Crippen MR) is 132 cm³/mol. The summed E-state index contributed by atoms with van der Waals surface area (Å²) in [6.07, 6.45) is 20.7. The number of rotatable bonds is 7. The fraction of sp³-hybridized carbons (Fsp3) is 0.667. The van der Waals surface area contributed by atoms with E-state index in [-0.39, 0.29) is 11.5 Å². The van der Waals surface area contributed by atoms with Gasteiger partial charge in [-0.05, 0) is 125 Å². The summed E-state index contributed by atoms with van der Waals surface area (Å²) in [6.45, 7) is 5.33. The molecule has 2 saturated carbocycles. The second-order valence-corrected chi connectivity index (χ2v) is 11.1. The van der Waals surface area contributed by atoms with Crippen molar-refractivity contribution < 1.29 is 13.9 Å². The number of aliphatic hydroxyl groups excluding tert-OH is 1. The molecule has 3 heteroatoms. The van der Waals surface area contributed by atoms with E-state index in [9.17, 15) is 13.9 Å². The molecule has 0 bridgehead atoms. The summed E-state index contributed by atoms with van der Waals surface area (Å²) in [7, 11) is 0. The lowest BCUT2D eigenvalue weighted by Crippen LogP contribution is -2.28. The Bertz CT molecular complexity index is 813. The molecular formula is C30H42F2O. The molecular weight excluding hydrogens is 414 g/mol. The van der Waals surface area contributed by atoms with Gasteiger partial charge in [-0.3, -0.25) is 0 Å². The lowest BCUT2D eigenvalue weighted by molar-refractivity contribution is 0.138. The Kier molecular flexibility index (Phi) is 8.43. The number of aliphatic hydroxyl groups is 1. The van der Waals surface area contributed by atoms with Crippen molar-refractivity contribution in [2.24, 2.45) is 29.6 Å². The first-order valence-corrected chi connectivity index (χ1v) is 13.4. The van der Waals surface area contributed by atoms with Gasteiger partial charge in [0.05, 0.1) is 6.10 Å². The fourth-order valence-electron chi connectivity index (χ4n) is 7.03. The summed E-state index contributed by atoms with van der Waals surface area (Å²) in [4.78, 5) is 0. The highest BCUT2D eigenvalue weighted by atomic mass is 19.2. The van der Waals surface area contributed by atoms with Crippen molar-refractivity contribution in [3.05, 3.63) is 59.7 Å². The van der Waals surface area contributed by atoms with Crippen LogP contribution in [0.5, 0.6) is 0 Å². The molecule has 1 aromatic carbocycles. The zero-order valence-corrected chi connectivity index (χ0v) is 20.3. The van der Waals surface area contributed by atoms with Crippen molar-refractivity contribution in [1.82, 2.24) is 0 Å². The molecule has 1 aromatic rings. The van der Waals surface area contributed by atoms with Crippen LogP contribution in [0.2, 0.25) is 0 Å². The van der Waals surface area contributed by atoms with Gasteiger partial charge in [-0.2, -0.15) is 0 Å². The van der Waals surface area contributed by atoms with Gasteiger partial charge in [0, 0.05) is 5.56 Å². The maximum absolute atomic E-state index is 14.7. The van der Waals surface area contributed by atoms with Gasteiger partial charge >= 0.3 is 0 Å². The minimum Gasteiger partial charge on any atom is -0.389 e. The normalized spacial score (nSPS) is 33.6. The Hall–Kier alpha value is -1.48. The average molecular weight is 457 g/mol. The molecule has 3 aliphatic rings. The van der Waals surface area contributed by atoms with Gasteiger partial charge in [0.15, 0.2) is 11.6 Å². The average Bonchev–Trinajstić information content (AvgIpc) is 2.85. The molecule has 0 spiro atoms. The van der Waals surface area contributed by atoms with E-state index < -0.39 is 17.7 Å². The van der Waals surface area contributed by atoms with Crippen LogP contribution in [0.3, 0.4) is 0 Å². The molecule has 3 atom stereocenters. The van der Waals surface area contributed by atoms with Crippen LogP contribution in [0.1, 0.15) is 107 Å². The minimum absolute atomic E-state index is 0.0572. The number of halogens is 2. The number of hydrogen-bond acceptors (Lipinski definition) is 1. The molecule has 0 aromatic heterocycles. The number of benzene rings is 1. The quantitative estimate of drug-likeness (QED) is 0.407. The maximum Gasteiger partial charge on any atom is 0.164 e. The van der Waals surface area contributed by atoms with Gasteiger partial charge in [-0.25, -0.2) is 8.78 Å². The first-order chi connectivity index (χ1) is 16.0. The highest BCUT2D eigenvalue weighted by Gasteiger charge is 2.34. The maximum atomic E-state index is 14.7. The van der Waals surface area contributed by atoms with Gasteiger partial charge in [0.25, 0.3) is 0 Å². The predicted octanol–water partition coefficient (Wildman–Crippen LogP) is 8.65. The summed E-state index contributed by atoms with van der Waals surface area (Å²) >= 11 is 0. The molecule has 0 saturated heterocycles. The van der Waals surface area contributed by atoms with Crippen molar-refractivity contribution in [2.45, 2.75) is 96.0 Å². The number of hydrogen-bond donors (Lipinski definition) is 1. The van der Waals surface area contributed by atoms with E-state index >= 15 is 0 Å². The van der Waals surface area contributed by atoms with E-state index in [4.69, 9.17) is 0 Å². The van der Waals surface area contributed by atoms with E-state index in [1.165, 1.54) is 51.9 Å². The zero-order chi connectivity index (χ0) is 23.4. The van der Waals surface area contributed by atoms with Gasteiger partial charge in [-0.1, -0.05) is 30.4 Å². The molecule has 1 N–H and O–H groups in total. The van der Waals surface area contributed by atoms with Gasteiger partial charge in [0.2, 0.25) is 0 Å². The summed E-state index contributed by atoms with van der Waals surface area (Å²) in [6, 6.07) is 3.27. The van der Waals surface area contributed by atoms with Gasteiger partial charge in [0.1, 0.15) is 0 Å². The summed E-state index contributed by atoms with van der Waals surface area (Å²) in [5, 5.41) is 9.64. The fourth-order valence-corrected chi connectivity index (χ4v) is 7.03. The summed E-state index contributed by atoms with van der Waals surface area (Å²) in [5.74, 6) is 2.45. The molecule has 0 aliphatic heterocycles. The first-order valence-electron chi connectivity index (χ1n) is 13.4. The smallest absolute Gasteiger partial charge is 0.164 e. The van der Waals surface area contributed by atoms with Gasteiger partial charge < -0.3 is 5.11 Å². The topological polar surface area (TPSA) is 20.2 Å². The van der Waals surface area contributed by atoms with Crippen LogP contribution in [0.4, 0.5) is 8.78 Å². The SMILES string of the molecule is C=CCCC1C=CC(C2CCC(C3CCC(c4ccc(C(C)O)c(F)c4F)CC3)CC2)CC1. The van der Waals surface area contributed by atoms with Crippen molar-refractivity contribution >= 4 is 0 Å². The van der Waals surface area contributed by atoms with Gasteiger partial charge in [-0.15, -0.1) is 6.58 Å². The third-order valence-corrected chi connectivity index (χ3v) is 9.14. The van der Waals surface area contributed by atoms with E-state index in [0.29, 0.717) is 5.56 Å². The van der Waals surface area contributed by atoms with Crippen molar-refractivity contribution in [2.75, 3.05) is 0 Å². The van der Waals surface area contributed by atoms with Crippen LogP contribution in [0.25, 0.3) is 0 Å². The second kappa shape index (κ2) is 11.3. The Morgan fingerprint density at radius 3 is 2.09 bits per heavy atom. The number of allylic oxidation sites excluding steroid dienone is 3. The first kappa shape index (κ1) is 24.6. The molecule has 4 rings (SSSR count). The van der Waals surface area contributed by atoms with Crippen molar-refractivity contribution in [3.63, 3.8) is 0 Å². The molecule has 0 amide bonds. The van der Waals surface area contributed by atoms with Crippen molar-refractivity contribution in [1.29, 1.82) is 0 Å². The highest BCUT2D eigenvalue weighted by molar-refractivity contribution is 5.30. The van der Waals surface area contributed by atoms with Crippen LogP contribution >= 0.6 is 0 Å². The molecule has 182 valence electrons.